The predicted octanol–water partition coefficient (Wildman–Crippen LogP) is 5.18. The quantitative estimate of drug-likeness (QED) is 0.387. The number of para-hydroxylation sites is 2. The van der Waals surface area contributed by atoms with E-state index in [1.165, 1.54) is 0 Å². The first-order valence-electron chi connectivity index (χ1n) is 9.76. The van der Waals surface area contributed by atoms with Gasteiger partial charge in [0.1, 0.15) is 0 Å². The number of aromatic nitrogens is 2. The molecule has 2 heterocycles. The zero-order valence-corrected chi connectivity index (χ0v) is 15.9. The van der Waals surface area contributed by atoms with Gasteiger partial charge in [-0.25, -0.2) is 0 Å². The lowest BCUT2D eigenvalue weighted by Crippen LogP contribution is -2.24. The van der Waals surface area contributed by atoms with Gasteiger partial charge >= 0.3 is 0 Å². The van der Waals surface area contributed by atoms with E-state index in [1.54, 1.807) is 0 Å². The summed E-state index contributed by atoms with van der Waals surface area (Å²) in [5, 5.41) is 5.28. The van der Waals surface area contributed by atoms with E-state index < -0.39 is 0 Å². The molecular weight excluding hydrogens is 358 g/mol. The molecule has 0 aliphatic rings. The molecule has 0 saturated heterocycles. The van der Waals surface area contributed by atoms with Gasteiger partial charge in [0.25, 0.3) is 0 Å². The van der Waals surface area contributed by atoms with Crippen molar-refractivity contribution in [3.63, 3.8) is 0 Å². The Morgan fingerprint density at radius 3 is 2.31 bits per heavy atom. The van der Waals surface area contributed by atoms with Crippen LogP contribution in [0.1, 0.15) is 11.1 Å². The third-order valence-corrected chi connectivity index (χ3v) is 5.34. The van der Waals surface area contributed by atoms with Crippen LogP contribution in [0.25, 0.3) is 33.1 Å². The molecule has 0 fully saturated rings. The van der Waals surface area contributed by atoms with Crippen LogP contribution in [0.2, 0.25) is 0 Å². The molecule has 1 amide bonds. The van der Waals surface area contributed by atoms with Gasteiger partial charge in [-0.05, 0) is 23.3 Å². The van der Waals surface area contributed by atoms with Crippen LogP contribution in [-0.2, 0) is 17.8 Å². The van der Waals surface area contributed by atoms with E-state index >= 15 is 0 Å². The maximum absolute atomic E-state index is 12.8. The third kappa shape index (κ3) is 3.29. The van der Waals surface area contributed by atoms with Crippen LogP contribution in [0.3, 0.4) is 0 Å². The number of amides is 1. The van der Waals surface area contributed by atoms with E-state index in [-0.39, 0.29) is 5.91 Å². The minimum absolute atomic E-state index is 0.0136. The largest absolute Gasteiger partial charge is 0.360 e. The summed E-state index contributed by atoms with van der Waals surface area (Å²) in [6, 6.07) is 26.4. The van der Waals surface area contributed by atoms with Crippen molar-refractivity contribution in [1.29, 1.82) is 0 Å². The second kappa shape index (κ2) is 7.32. The smallest absolute Gasteiger partial charge is 0.224 e. The lowest BCUT2D eigenvalue weighted by Gasteiger charge is -2.07. The normalized spacial score (nSPS) is 11.2. The number of benzene rings is 3. The lowest BCUT2D eigenvalue weighted by molar-refractivity contribution is -0.120. The van der Waals surface area contributed by atoms with Crippen molar-refractivity contribution >= 4 is 27.7 Å². The second-order valence-electron chi connectivity index (χ2n) is 7.21. The van der Waals surface area contributed by atoms with Crippen LogP contribution >= 0.6 is 0 Å². The molecule has 4 heteroatoms. The highest BCUT2D eigenvalue weighted by Crippen LogP contribution is 2.35. The summed E-state index contributed by atoms with van der Waals surface area (Å²) in [5.74, 6) is 0.0136. The van der Waals surface area contributed by atoms with Gasteiger partial charge in [0.2, 0.25) is 5.91 Å². The van der Waals surface area contributed by atoms with Crippen molar-refractivity contribution < 1.29 is 4.79 Å². The maximum Gasteiger partial charge on any atom is 0.224 e. The number of hydrogen-bond acceptors (Lipinski definition) is 1. The van der Waals surface area contributed by atoms with E-state index in [0.29, 0.717) is 13.0 Å². The summed E-state index contributed by atoms with van der Waals surface area (Å²) in [5.41, 5.74) is 6.33. The number of H-pyrrole nitrogens is 2. The van der Waals surface area contributed by atoms with Gasteiger partial charge in [-0.3, -0.25) is 4.79 Å². The summed E-state index contributed by atoms with van der Waals surface area (Å²) >= 11 is 0. The van der Waals surface area contributed by atoms with Crippen LogP contribution in [0.15, 0.2) is 85.1 Å². The van der Waals surface area contributed by atoms with Crippen LogP contribution in [0, 0.1) is 0 Å². The molecule has 2 aromatic heterocycles. The van der Waals surface area contributed by atoms with Crippen molar-refractivity contribution in [2.24, 2.45) is 0 Å². The predicted molar refractivity (Wildman–Crippen MR) is 118 cm³/mol. The molecule has 0 saturated carbocycles. The molecule has 5 rings (SSSR count). The first-order valence-corrected chi connectivity index (χ1v) is 9.76. The number of carbonyl (C=O) groups is 1. The first-order chi connectivity index (χ1) is 14.3. The number of nitrogens with one attached hydrogen (secondary N) is 3. The fourth-order valence-electron chi connectivity index (χ4n) is 3.91. The Morgan fingerprint density at radius 1 is 0.793 bits per heavy atom. The minimum atomic E-state index is 0.0136. The molecule has 5 aromatic rings. The monoisotopic (exact) mass is 379 g/mol. The third-order valence-electron chi connectivity index (χ3n) is 5.34. The van der Waals surface area contributed by atoms with Crippen LogP contribution in [0.4, 0.5) is 0 Å². The number of aromatic amines is 2. The van der Waals surface area contributed by atoms with Gasteiger partial charge in [-0.15, -0.1) is 0 Å². The van der Waals surface area contributed by atoms with Crippen LogP contribution in [-0.4, -0.2) is 15.9 Å². The van der Waals surface area contributed by atoms with Gasteiger partial charge < -0.3 is 15.3 Å². The van der Waals surface area contributed by atoms with Crippen LogP contribution < -0.4 is 5.32 Å². The highest BCUT2D eigenvalue weighted by molar-refractivity contribution is 6.01. The van der Waals surface area contributed by atoms with E-state index in [0.717, 1.165) is 44.2 Å². The minimum Gasteiger partial charge on any atom is -0.360 e. The number of rotatable bonds is 5. The van der Waals surface area contributed by atoms with Gasteiger partial charge in [-0.2, -0.15) is 0 Å². The average Bonchev–Trinajstić information content (AvgIpc) is 3.35. The molecule has 0 spiro atoms. The van der Waals surface area contributed by atoms with Crippen LogP contribution in [0.5, 0.6) is 0 Å². The SMILES string of the molecule is O=C(Cc1c(-c2c[nH]c3ccccc23)[nH]c2ccccc12)NCc1ccccc1. The molecule has 4 nitrogen and oxygen atoms in total. The molecule has 0 unspecified atom stereocenters. The zero-order chi connectivity index (χ0) is 19.6. The molecule has 29 heavy (non-hydrogen) atoms. The Hall–Kier alpha value is -3.79. The van der Waals surface area contributed by atoms with Crippen molar-refractivity contribution in [1.82, 2.24) is 15.3 Å². The zero-order valence-electron chi connectivity index (χ0n) is 15.9. The second-order valence-corrected chi connectivity index (χ2v) is 7.21. The summed E-state index contributed by atoms with van der Waals surface area (Å²) in [4.78, 5) is 19.7. The van der Waals surface area contributed by atoms with E-state index in [2.05, 4.69) is 39.6 Å². The molecule has 3 N–H and O–H groups in total. The molecular formula is C25H21N3O. The van der Waals surface area contributed by atoms with E-state index in [9.17, 15) is 4.79 Å². The highest BCUT2D eigenvalue weighted by Gasteiger charge is 2.18. The Bertz CT molecular complexity index is 1300. The molecule has 0 aliphatic heterocycles. The van der Waals surface area contributed by atoms with Crippen molar-refractivity contribution in [2.45, 2.75) is 13.0 Å². The first kappa shape index (κ1) is 17.3. The molecule has 0 aliphatic carbocycles. The summed E-state index contributed by atoms with van der Waals surface area (Å²) < 4.78 is 0. The Kier molecular flexibility index (Phi) is 4.37. The topological polar surface area (TPSA) is 60.7 Å². The molecule has 0 radical (unpaired) electrons. The molecule has 142 valence electrons. The fraction of sp³-hybridized carbons (Fsp3) is 0.0800. The Balaban J connectivity index is 1.51. The molecule has 0 bridgehead atoms. The summed E-state index contributed by atoms with van der Waals surface area (Å²) in [7, 11) is 0. The van der Waals surface area contributed by atoms with Gasteiger partial charge in [0, 0.05) is 40.1 Å². The molecule has 3 aromatic carbocycles. The van der Waals surface area contributed by atoms with Gasteiger partial charge in [0.05, 0.1) is 12.1 Å². The van der Waals surface area contributed by atoms with Gasteiger partial charge in [-0.1, -0.05) is 66.7 Å². The standard InChI is InChI=1S/C25H21N3O/c29-24(27-15-17-8-2-1-3-9-17)14-20-18-10-5-7-13-23(18)28-25(20)21-16-26-22-12-6-4-11-19(21)22/h1-13,16,26,28H,14-15H2,(H,27,29). The fourth-order valence-corrected chi connectivity index (χ4v) is 3.91. The summed E-state index contributed by atoms with van der Waals surface area (Å²) in [6.07, 6.45) is 2.34. The molecule has 0 atom stereocenters. The maximum atomic E-state index is 12.8. The highest BCUT2D eigenvalue weighted by atomic mass is 16.1. The van der Waals surface area contributed by atoms with E-state index in [1.807, 2.05) is 60.8 Å². The Morgan fingerprint density at radius 2 is 1.48 bits per heavy atom. The number of fused-ring (bicyclic) bond motifs is 2. The van der Waals surface area contributed by atoms with Crippen molar-refractivity contribution in [3.8, 4) is 11.3 Å². The lowest BCUT2D eigenvalue weighted by atomic mass is 10.0. The van der Waals surface area contributed by atoms with E-state index in [4.69, 9.17) is 0 Å². The number of hydrogen-bond donors (Lipinski definition) is 3. The number of carbonyl (C=O) groups excluding carboxylic acids is 1. The summed E-state index contributed by atoms with van der Waals surface area (Å²) in [6.45, 7) is 0.532. The Labute approximate surface area is 168 Å². The van der Waals surface area contributed by atoms with Crippen molar-refractivity contribution in [3.05, 3.63) is 96.2 Å². The average molecular weight is 379 g/mol. The van der Waals surface area contributed by atoms with Crippen molar-refractivity contribution in [2.75, 3.05) is 0 Å². The van der Waals surface area contributed by atoms with Gasteiger partial charge in [0.15, 0.2) is 0 Å².